The van der Waals surface area contributed by atoms with Gasteiger partial charge in [0, 0.05) is 34.8 Å². The fourth-order valence-corrected chi connectivity index (χ4v) is 3.76. The normalized spacial score (nSPS) is 13.6. The molecule has 1 aliphatic carbocycles. The second-order valence-corrected chi connectivity index (χ2v) is 7.27. The van der Waals surface area contributed by atoms with Gasteiger partial charge in [-0.25, -0.2) is 0 Å². The summed E-state index contributed by atoms with van der Waals surface area (Å²) in [6.45, 7) is 0.935. The third-order valence-electron chi connectivity index (χ3n) is 4.88. The number of hydrogen-bond donors (Lipinski definition) is 2. The molecule has 0 aliphatic heterocycles. The van der Waals surface area contributed by atoms with Crippen LogP contribution in [0.4, 0.5) is 5.69 Å². The fraction of sp³-hybridized carbons (Fsp3) is 0.500. The van der Waals surface area contributed by atoms with E-state index in [9.17, 15) is 4.79 Å². The number of primary amides is 1. The van der Waals surface area contributed by atoms with E-state index < -0.39 is 0 Å². The molecule has 2 aromatic rings. The Morgan fingerprint density at radius 2 is 1.96 bits per heavy atom. The molecule has 1 aromatic heterocycles. The average molecular weight is 360 g/mol. The number of hydrogen-bond acceptors (Lipinski definition) is 3. The van der Waals surface area contributed by atoms with E-state index in [0.29, 0.717) is 6.42 Å². The zero-order valence-electron chi connectivity index (χ0n) is 14.6. The van der Waals surface area contributed by atoms with Gasteiger partial charge in [-0.1, -0.05) is 24.4 Å². The Bertz CT molecular complexity index is 760. The lowest BCUT2D eigenvalue weighted by Gasteiger charge is -2.22. The highest BCUT2D eigenvalue weighted by molar-refractivity contribution is 6.31. The Kier molecular flexibility index (Phi) is 6.14. The number of halogens is 1. The van der Waals surface area contributed by atoms with Crippen LogP contribution in [0.2, 0.25) is 5.02 Å². The third kappa shape index (κ3) is 4.63. The molecule has 1 heterocycles. The van der Waals surface area contributed by atoms with Crippen molar-refractivity contribution in [2.75, 3.05) is 11.9 Å². The van der Waals surface area contributed by atoms with Crippen LogP contribution in [0.5, 0.6) is 0 Å². The molecule has 134 valence electrons. The van der Waals surface area contributed by atoms with Crippen molar-refractivity contribution in [3.63, 3.8) is 0 Å². The Labute approximate surface area is 154 Å². The van der Waals surface area contributed by atoms with E-state index in [1.165, 1.54) is 35.2 Å². The van der Waals surface area contributed by atoms with Crippen LogP contribution >= 0.6 is 11.6 Å². The van der Waals surface area contributed by atoms with Crippen molar-refractivity contribution in [1.82, 2.24) is 4.98 Å². The second-order valence-electron chi connectivity index (χ2n) is 6.84. The average Bonchev–Trinajstić information content (AvgIpc) is 2.59. The Balaban J connectivity index is 1.68. The van der Waals surface area contributed by atoms with Gasteiger partial charge in [-0.05, 0) is 62.3 Å². The molecule has 3 N–H and O–H groups in total. The first-order valence-electron chi connectivity index (χ1n) is 9.28. The van der Waals surface area contributed by atoms with Gasteiger partial charge in [0.25, 0.3) is 0 Å². The Morgan fingerprint density at radius 3 is 2.80 bits per heavy atom. The zero-order chi connectivity index (χ0) is 17.6. The molecule has 0 unspecified atom stereocenters. The van der Waals surface area contributed by atoms with Gasteiger partial charge in [0.2, 0.25) is 5.91 Å². The van der Waals surface area contributed by atoms with Crippen LogP contribution in [0.15, 0.2) is 18.2 Å². The smallest absolute Gasteiger partial charge is 0.217 e. The first-order valence-corrected chi connectivity index (χ1v) is 9.66. The number of benzene rings is 1. The van der Waals surface area contributed by atoms with Gasteiger partial charge in [-0.2, -0.15) is 0 Å². The molecule has 1 aromatic carbocycles. The number of unbranched alkanes of at least 4 members (excludes halogenated alkanes) is 3. The van der Waals surface area contributed by atoms with Crippen LogP contribution in [0, 0.1) is 0 Å². The molecule has 1 amide bonds. The molecular formula is C20H26ClN3O. The number of anilines is 1. The highest BCUT2D eigenvalue weighted by Gasteiger charge is 2.18. The number of nitrogens with two attached hydrogens (primary N) is 1. The molecular weight excluding hydrogens is 334 g/mol. The van der Waals surface area contributed by atoms with E-state index in [0.717, 1.165) is 55.6 Å². The summed E-state index contributed by atoms with van der Waals surface area (Å²) in [4.78, 5) is 15.6. The number of pyridine rings is 1. The van der Waals surface area contributed by atoms with Crippen LogP contribution in [0.1, 0.15) is 56.2 Å². The van der Waals surface area contributed by atoms with Crippen molar-refractivity contribution < 1.29 is 4.79 Å². The molecule has 25 heavy (non-hydrogen) atoms. The SMILES string of the molecule is NC(=O)CCCCCCNc1c2c(nc3cc(Cl)ccc13)CCCC2. The topological polar surface area (TPSA) is 68.0 Å². The van der Waals surface area contributed by atoms with E-state index in [-0.39, 0.29) is 5.91 Å². The molecule has 0 atom stereocenters. The summed E-state index contributed by atoms with van der Waals surface area (Å²) in [5.41, 5.74) is 10.0. The monoisotopic (exact) mass is 359 g/mol. The van der Waals surface area contributed by atoms with Crippen LogP contribution in [-0.2, 0) is 17.6 Å². The Morgan fingerprint density at radius 1 is 1.16 bits per heavy atom. The number of amides is 1. The highest BCUT2D eigenvalue weighted by Crippen LogP contribution is 2.34. The van der Waals surface area contributed by atoms with Crippen molar-refractivity contribution in [2.45, 2.75) is 57.8 Å². The summed E-state index contributed by atoms with van der Waals surface area (Å²) < 4.78 is 0. The van der Waals surface area contributed by atoms with E-state index in [1.807, 2.05) is 12.1 Å². The Hall–Kier alpha value is -1.81. The first kappa shape index (κ1) is 18.0. The van der Waals surface area contributed by atoms with Crippen molar-refractivity contribution in [2.24, 2.45) is 5.73 Å². The number of nitrogens with zero attached hydrogens (tertiary/aromatic N) is 1. The van der Waals surface area contributed by atoms with Crippen molar-refractivity contribution >= 4 is 34.1 Å². The largest absolute Gasteiger partial charge is 0.384 e. The number of aryl methyl sites for hydroxylation is 1. The van der Waals surface area contributed by atoms with E-state index in [4.69, 9.17) is 22.3 Å². The zero-order valence-corrected chi connectivity index (χ0v) is 15.4. The second kappa shape index (κ2) is 8.52. The number of nitrogens with one attached hydrogen (secondary N) is 1. The van der Waals surface area contributed by atoms with Gasteiger partial charge >= 0.3 is 0 Å². The van der Waals surface area contributed by atoms with Gasteiger partial charge in [0.1, 0.15) is 0 Å². The molecule has 0 bridgehead atoms. The molecule has 5 heteroatoms. The third-order valence-corrected chi connectivity index (χ3v) is 5.11. The molecule has 0 saturated heterocycles. The van der Waals surface area contributed by atoms with Gasteiger partial charge in [0.15, 0.2) is 0 Å². The van der Waals surface area contributed by atoms with Crippen LogP contribution < -0.4 is 11.1 Å². The molecule has 0 fully saturated rings. The lowest BCUT2D eigenvalue weighted by atomic mass is 9.92. The minimum absolute atomic E-state index is 0.202. The van der Waals surface area contributed by atoms with Gasteiger partial charge < -0.3 is 11.1 Å². The maximum atomic E-state index is 10.8. The minimum Gasteiger partial charge on any atom is -0.384 e. The van der Waals surface area contributed by atoms with E-state index in [1.54, 1.807) is 0 Å². The summed E-state index contributed by atoms with van der Waals surface area (Å²) in [6, 6.07) is 5.98. The predicted molar refractivity (Wildman–Crippen MR) is 104 cm³/mol. The predicted octanol–water partition coefficient (Wildman–Crippen LogP) is 4.61. The lowest BCUT2D eigenvalue weighted by molar-refractivity contribution is -0.118. The van der Waals surface area contributed by atoms with Crippen LogP contribution in [-0.4, -0.2) is 17.4 Å². The van der Waals surface area contributed by atoms with Gasteiger partial charge in [0.05, 0.1) is 5.52 Å². The number of rotatable bonds is 8. The maximum Gasteiger partial charge on any atom is 0.217 e. The molecule has 0 spiro atoms. The fourth-order valence-electron chi connectivity index (χ4n) is 3.59. The maximum absolute atomic E-state index is 10.8. The summed E-state index contributed by atoms with van der Waals surface area (Å²) in [5, 5.41) is 5.56. The molecule has 3 rings (SSSR count). The number of carbonyl (C=O) groups is 1. The van der Waals surface area contributed by atoms with E-state index >= 15 is 0 Å². The summed E-state index contributed by atoms with van der Waals surface area (Å²) in [5.74, 6) is -0.202. The van der Waals surface area contributed by atoms with Crippen LogP contribution in [0.3, 0.4) is 0 Å². The minimum atomic E-state index is -0.202. The van der Waals surface area contributed by atoms with Crippen molar-refractivity contribution in [3.8, 4) is 0 Å². The number of fused-ring (bicyclic) bond motifs is 2. The van der Waals surface area contributed by atoms with Crippen molar-refractivity contribution in [1.29, 1.82) is 0 Å². The molecule has 0 saturated carbocycles. The quantitative estimate of drug-likeness (QED) is 0.676. The summed E-state index contributed by atoms with van der Waals surface area (Å²) >= 11 is 6.16. The van der Waals surface area contributed by atoms with Gasteiger partial charge in [-0.3, -0.25) is 9.78 Å². The van der Waals surface area contributed by atoms with Gasteiger partial charge in [-0.15, -0.1) is 0 Å². The summed E-state index contributed by atoms with van der Waals surface area (Å²) in [7, 11) is 0. The number of carbonyl (C=O) groups excluding carboxylic acids is 1. The van der Waals surface area contributed by atoms with Crippen molar-refractivity contribution in [3.05, 3.63) is 34.5 Å². The summed E-state index contributed by atoms with van der Waals surface area (Å²) in [6.07, 6.45) is 9.23. The standard InChI is InChI=1S/C20H26ClN3O/c21-14-10-11-16-18(13-14)24-17-8-5-4-7-15(17)20(16)23-12-6-2-1-3-9-19(22)25/h10-11,13H,1-9,12H2,(H2,22,25)(H,23,24). The molecule has 0 radical (unpaired) electrons. The van der Waals surface area contributed by atoms with E-state index in [2.05, 4.69) is 11.4 Å². The lowest BCUT2D eigenvalue weighted by Crippen LogP contribution is -2.12. The van der Waals surface area contributed by atoms with Crippen LogP contribution in [0.25, 0.3) is 10.9 Å². The first-order chi connectivity index (χ1) is 12.1. The highest BCUT2D eigenvalue weighted by atomic mass is 35.5. The molecule has 4 nitrogen and oxygen atoms in total. The number of aromatic nitrogens is 1. The molecule has 1 aliphatic rings.